The molecule has 0 radical (unpaired) electrons. The molecule has 1 aliphatic carbocycles. The van der Waals surface area contributed by atoms with Gasteiger partial charge >= 0.3 is 0 Å². The second-order valence-electron chi connectivity index (χ2n) is 6.76. The van der Waals surface area contributed by atoms with Gasteiger partial charge in [0.2, 0.25) is 5.91 Å². The van der Waals surface area contributed by atoms with Crippen LogP contribution in [0.1, 0.15) is 65.7 Å². The van der Waals surface area contributed by atoms with E-state index in [1.54, 1.807) is 0 Å². The van der Waals surface area contributed by atoms with Crippen LogP contribution in [0.25, 0.3) is 0 Å². The third-order valence-electron chi connectivity index (χ3n) is 3.56. The quantitative estimate of drug-likeness (QED) is 0.793. The minimum absolute atomic E-state index is 0.124. The van der Waals surface area contributed by atoms with Gasteiger partial charge in [0, 0.05) is 18.5 Å². The molecule has 1 fully saturated rings. The molecule has 3 N–H and O–H groups in total. The molecule has 1 amide bonds. The highest BCUT2D eigenvalue weighted by molar-refractivity contribution is 5.77. The van der Waals surface area contributed by atoms with Crippen molar-refractivity contribution in [2.24, 2.45) is 11.1 Å². The van der Waals surface area contributed by atoms with Crippen molar-refractivity contribution in [1.82, 2.24) is 5.32 Å². The summed E-state index contributed by atoms with van der Waals surface area (Å²) < 4.78 is 0. The Morgan fingerprint density at radius 1 is 1.24 bits per heavy atom. The Morgan fingerprint density at radius 2 is 1.82 bits per heavy atom. The highest BCUT2D eigenvalue weighted by atomic mass is 16.1. The summed E-state index contributed by atoms with van der Waals surface area (Å²) in [6.07, 6.45) is 7.12. The summed E-state index contributed by atoms with van der Waals surface area (Å²) in [5.41, 5.74) is 6.30. The van der Waals surface area contributed by atoms with Crippen molar-refractivity contribution in [3.63, 3.8) is 0 Å². The lowest BCUT2D eigenvalue weighted by atomic mass is 9.80. The van der Waals surface area contributed by atoms with Crippen molar-refractivity contribution in [2.45, 2.75) is 71.3 Å². The maximum absolute atomic E-state index is 11.8. The Kier molecular flexibility index (Phi) is 4.99. The van der Waals surface area contributed by atoms with Crippen LogP contribution >= 0.6 is 0 Å². The number of hydrogen-bond acceptors (Lipinski definition) is 2. The zero-order valence-electron chi connectivity index (χ0n) is 11.6. The van der Waals surface area contributed by atoms with Gasteiger partial charge in [-0.3, -0.25) is 4.79 Å². The van der Waals surface area contributed by atoms with Crippen LogP contribution < -0.4 is 11.1 Å². The summed E-state index contributed by atoms with van der Waals surface area (Å²) in [6.45, 7) is 7.32. The Labute approximate surface area is 106 Å². The van der Waals surface area contributed by atoms with Gasteiger partial charge in [0.25, 0.3) is 0 Å². The van der Waals surface area contributed by atoms with E-state index in [1.807, 2.05) is 0 Å². The third-order valence-corrected chi connectivity index (χ3v) is 3.56. The molecule has 0 spiro atoms. The van der Waals surface area contributed by atoms with Crippen molar-refractivity contribution < 1.29 is 4.79 Å². The number of rotatable bonds is 4. The van der Waals surface area contributed by atoms with Crippen LogP contribution in [0, 0.1) is 5.41 Å². The first-order chi connectivity index (χ1) is 7.81. The lowest BCUT2D eigenvalue weighted by molar-refractivity contribution is -0.122. The third kappa shape index (κ3) is 6.06. The van der Waals surface area contributed by atoms with E-state index in [4.69, 9.17) is 5.73 Å². The monoisotopic (exact) mass is 240 g/mol. The zero-order valence-corrected chi connectivity index (χ0v) is 11.6. The summed E-state index contributed by atoms with van der Waals surface area (Å²) in [4.78, 5) is 11.8. The second kappa shape index (κ2) is 5.85. The molecular formula is C14H28N2O. The number of nitrogens with one attached hydrogen (secondary N) is 1. The minimum atomic E-state index is -0.232. The molecule has 3 heteroatoms. The minimum Gasteiger partial charge on any atom is -0.356 e. The van der Waals surface area contributed by atoms with Crippen LogP contribution in [0.15, 0.2) is 0 Å². The number of hydrogen-bond donors (Lipinski definition) is 2. The van der Waals surface area contributed by atoms with E-state index in [0.29, 0.717) is 6.42 Å². The lowest BCUT2D eigenvalue weighted by Crippen LogP contribution is -2.46. The van der Waals surface area contributed by atoms with Crippen LogP contribution in [-0.2, 0) is 4.79 Å². The fourth-order valence-corrected chi connectivity index (χ4v) is 2.39. The van der Waals surface area contributed by atoms with Gasteiger partial charge in [-0.05, 0) is 24.7 Å². The van der Waals surface area contributed by atoms with Gasteiger partial charge in [0.05, 0.1) is 0 Å². The Balaban J connectivity index is 2.24. The molecular weight excluding hydrogens is 212 g/mol. The van der Waals surface area contributed by atoms with E-state index < -0.39 is 0 Å². The van der Waals surface area contributed by atoms with Gasteiger partial charge in [-0.25, -0.2) is 0 Å². The molecule has 0 heterocycles. The van der Waals surface area contributed by atoms with E-state index >= 15 is 0 Å². The maximum atomic E-state index is 11.8. The van der Waals surface area contributed by atoms with Crippen LogP contribution in [0.5, 0.6) is 0 Å². The van der Waals surface area contributed by atoms with E-state index in [2.05, 4.69) is 26.1 Å². The van der Waals surface area contributed by atoms with Gasteiger partial charge in [-0.2, -0.15) is 0 Å². The molecule has 1 aliphatic rings. The average Bonchev–Trinajstić information content (AvgIpc) is 2.15. The van der Waals surface area contributed by atoms with Crippen molar-refractivity contribution in [2.75, 3.05) is 6.54 Å². The maximum Gasteiger partial charge on any atom is 0.221 e. The van der Waals surface area contributed by atoms with E-state index in [1.165, 1.54) is 19.3 Å². The van der Waals surface area contributed by atoms with Crippen LogP contribution in [0.4, 0.5) is 0 Å². The number of amides is 1. The molecule has 0 bridgehead atoms. The Bertz CT molecular complexity index is 249. The number of carbonyl (C=O) groups is 1. The standard InChI is InChI=1S/C14H28N2O/c1-13(2,3)9-10-16-12(17)11-14(15)7-5-4-6-8-14/h4-11,15H2,1-3H3,(H,16,17). The summed E-state index contributed by atoms with van der Waals surface area (Å²) >= 11 is 0. The van der Waals surface area contributed by atoms with Crippen molar-refractivity contribution in [3.05, 3.63) is 0 Å². The number of carbonyl (C=O) groups excluding carboxylic acids is 1. The summed E-state index contributed by atoms with van der Waals surface area (Å²) in [5.74, 6) is 0.124. The van der Waals surface area contributed by atoms with Gasteiger partial charge in [-0.15, -0.1) is 0 Å². The van der Waals surface area contributed by atoms with Crippen molar-refractivity contribution in [1.29, 1.82) is 0 Å². The van der Waals surface area contributed by atoms with Crippen LogP contribution in [0.2, 0.25) is 0 Å². The Morgan fingerprint density at radius 3 is 2.35 bits per heavy atom. The first-order valence-electron chi connectivity index (χ1n) is 6.86. The Hall–Kier alpha value is -0.570. The summed E-state index contributed by atoms with van der Waals surface area (Å²) in [7, 11) is 0. The molecule has 1 rings (SSSR count). The largest absolute Gasteiger partial charge is 0.356 e. The van der Waals surface area contributed by atoms with Gasteiger partial charge in [-0.1, -0.05) is 40.0 Å². The van der Waals surface area contributed by atoms with Crippen LogP contribution in [0.3, 0.4) is 0 Å². The fourth-order valence-electron chi connectivity index (χ4n) is 2.39. The summed E-state index contributed by atoms with van der Waals surface area (Å²) in [5, 5.41) is 2.99. The highest BCUT2D eigenvalue weighted by Gasteiger charge is 2.29. The van der Waals surface area contributed by atoms with E-state index in [0.717, 1.165) is 25.8 Å². The molecule has 100 valence electrons. The highest BCUT2D eigenvalue weighted by Crippen LogP contribution is 2.28. The molecule has 3 nitrogen and oxygen atoms in total. The lowest BCUT2D eigenvalue weighted by Gasteiger charge is -2.32. The van der Waals surface area contributed by atoms with Gasteiger partial charge in [0.15, 0.2) is 0 Å². The topological polar surface area (TPSA) is 55.1 Å². The molecule has 0 saturated heterocycles. The predicted molar refractivity (Wildman–Crippen MR) is 71.7 cm³/mol. The first-order valence-corrected chi connectivity index (χ1v) is 6.86. The molecule has 0 aliphatic heterocycles. The summed E-state index contributed by atoms with van der Waals surface area (Å²) in [6, 6.07) is 0. The predicted octanol–water partition coefficient (Wildman–Crippen LogP) is 2.59. The first kappa shape index (κ1) is 14.5. The van der Waals surface area contributed by atoms with Crippen LogP contribution in [-0.4, -0.2) is 18.0 Å². The molecule has 17 heavy (non-hydrogen) atoms. The molecule has 0 unspecified atom stereocenters. The molecule has 0 aromatic heterocycles. The molecule has 1 saturated carbocycles. The molecule has 0 atom stereocenters. The van der Waals surface area contributed by atoms with Gasteiger partial charge in [0.1, 0.15) is 0 Å². The number of nitrogens with two attached hydrogens (primary N) is 1. The average molecular weight is 240 g/mol. The van der Waals surface area contributed by atoms with Crippen molar-refractivity contribution >= 4 is 5.91 Å². The zero-order chi connectivity index (χ0) is 12.9. The second-order valence-corrected chi connectivity index (χ2v) is 6.76. The van der Waals surface area contributed by atoms with Gasteiger partial charge < -0.3 is 11.1 Å². The van der Waals surface area contributed by atoms with E-state index in [9.17, 15) is 4.79 Å². The van der Waals surface area contributed by atoms with Crippen molar-refractivity contribution in [3.8, 4) is 0 Å². The smallest absolute Gasteiger partial charge is 0.221 e. The normalized spacial score (nSPS) is 20.0. The SMILES string of the molecule is CC(C)(C)CCNC(=O)CC1(N)CCCCC1. The molecule has 0 aromatic carbocycles. The fraction of sp³-hybridized carbons (Fsp3) is 0.929. The van der Waals surface area contributed by atoms with E-state index in [-0.39, 0.29) is 16.9 Å². The molecule has 0 aromatic rings.